The predicted octanol–water partition coefficient (Wildman–Crippen LogP) is 3.27. The zero-order valence-corrected chi connectivity index (χ0v) is 15.7. The summed E-state index contributed by atoms with van der Waals surface area (Å²) in [5.41, 5.74) is 4.46. The molecule has 29 heavy (non-hydrogen) atoms. The minimum absolute atomic E-state index is 0.0666. The van der Waals surface area contributed by atoms with Gasteiger partial charge in [-0.2, -0.15) is 10.4 Å². The van der Waals surface area contributed by atoms with E-state index in [9.17, 15) is 10.1 Å². The summed E-state index contributed by atoms with van der Waals surface area (Å²) >= 11 is 6.14. The van der Waals surface area contributed by atoms with E-state index in [0.29, 0.717) is 28.5 Å². The van der Waals surface area contributed by atoms with E-state index in [2.05, 4.69) is 20.5 Å². The highest BCUT2D eigenvalue weighted by atomic mass is 35.5. The number of nitriles is 1. The van der Waals surface area contributed by atoms with E-state index in [1.807, 2.05) is 12.1 Å². The quantitative estimate of drug-likeness (QED) is 0.507. The van der Waals surface area contributed by atoms with Gasteiger partial charge in [0.1, 0.15) is 17.4 Å². The van der Waals surface area contributed by atoms with E-state index >= 15 is 0 Å². The van der Waals surface area contributed by atoms with Crippen molar-refractivity contribution in [2.24, 2.45) is 5.10 Å². The van der Waals surface area contributed by atoms with Crippen molar-refractivity contribution in [3.8, 4) is 23.1 Å². The van der Waals surface area contributed by atoms with Crippen LogP contribution in [-0.4, -0.2) is 23.0 Å². The van der Waals surface area contributed by atoms with Crippen LogP contribution in [0.5, 0.6) is 5.75 Å². The summed E-state index contributed by atoms with van der Waals surface area (Å²) in [5, 5.41) is 14.0. The summed E-state index contributed by atoms with van der Waals surface area (Å²) in [6.45, 7) is 0.545. The van der Waals surface area contributed by atoms with Crippen LogP contribution in [0.15, 0.2) is 52.4 Å². The van der Waals surface area contributed by atoms with Gasteiger partial charge < -0.3 is 9.47 Å². The molecular formula is C20H14ClN5O3. The minimum atomic E-state index is -0.556. The number of nitrogens with one attached hydrogen (secondary N) is 2. The van der Waals surface area contributed by atoms with Crippen LogP contribution in [0.1, 0.15) is 16.7 Å². The summed E-state index contributed by atoms with van der Waals surface area (Å²) in [6, 6.07) is 14.4. The highest BCUT2D eigenvalue weighted by Crippen LogP contribution is 2.30. The Morgan fingerprint density at radius 3 is 2.93 bits per heavy atom. The molecule has 3 aromatic rings. The lowest BCUT2D eigenvalue weighted by Gasteiger charge is -2.19. The number of H-pyrrole nitrogens is 1. The third kappa shape index (κ3) is 3.96. The number of halogens is 1. The van der Waals surface area contributed by atoms with E-state index < -0.39 is 5.56 Å². The monoisotopic (exact) mass is 407 g/mol. The Morgan fingerprint density at radius 1 is 1.31 bits per heavy atom. The van der Waals surface area contributed by atoms with Crippen LogP contribution < -0.4 is 15.7 Å². The zero-order chi connectivity index (χ0) is 20.2. The summed E-state index contributed by atoms with van der Waals surface area (Å²) in [6.07, 6.45) is 1.51. The first-order chi connectivity index (χ1) is 14.2. The van der Waals surface area contributed by atoms with Crippen LogP contribution >= 0.6 is 11.6 Å². The first-order valence-corrected chi connectivity index (χ1v) is 8.95. The second-order valence-electron chi connectivity index (χ2n) is 6.08. The highest BCUT2D eigenvalue weighted by Gasteiger charge is 2.16. The number of anilines is 1. The molecule has 0 radical (unpaired) electrons. The van der Waals surface area contributed by atoms with Gasteiger partial charge in [-0.05, 0) is 12.1 Å². The molecule has 0 unspecified atom stereocenters. The van der Waals surface area contributed by atoms with Crippen molar-refractivity contribution in [2.45, 2.75) is 6.61 Å². The fourth-order valence-corrected chi connectivity index (χ4v) is 3.15. The molecule has 8 nitrogen and oxygen atoms in total. The summed E-state index contributed by atoms with van der Waals surface area (Å²) in [5.74, 6) is 0.738. The third-order valence-corrected chi connectivity index (χ3v) is 4.37. The molecule has 0 spiro atoms. The highest BCUT2D eigenvalue weighted by molar-refractivity contribution is 6.31. The molecule has 0 amide bonds. The van der Waals surface area contributed by atoms with E-state index in [1.165, 1.54) is 6.21 Å². The van der Waals surface area contributed by atoms with Gasteiger partial charge in [0, 0.05) is 21.7 Å². The van der Waals surface area contributed by atoms with Crippen molar-refractivity contribution in [2.75, 3.05) is 12.2 Å². The van der Waals surface area contributed by atoms with Crippen molar-refractivity contribution < 1.29 is 9.47 Å². The molecule has 1 aromatic heterocycles. The van der Waals surface area contributed by atoms with Gasteiger partial charge in [-0.1, -0.05) is 41.9 Å². The Bertz CT molecular complexity index is 1190. The lowest BCUT2D eigenvalue weighted by Crippen LogP contribution is -2.16. The maximum absolute atomic E-state index is 12.3. The average Bonchev–Trinajstić information content (AvgIpc) is 2.74. The molecule has 144 valence electrons. The Labute approximate surface area is 170 Å². The molecule has 2 heterocycles. The fourth-order valence-electron chi connectivity index (χ4n) is 2.90. The van der Waals surface area contributed by atoms with Crippen LogP contribution in [0.4, 0.5) is 5.95 Å². The van der Waals surface area contributed by atoms with Gasteiger partial charge in [-0.3, -0.25) is 9.78 Å². The Morgan fingerprint density at radius 2 is 2.14 bits per heavy atom. The maximum atomic E-state index is 12.3. The number of fused-ring (bicyclic) bond motifs is 1. The molecule has 0 aliphatic carbocycles. The molecule has 0 saturated heterocycles. The topological polar surface area (TPSA) is 112 Å². The normalized spacial score (nSPS) is 12.8. The molecule has 2 N–H and O–H groups in total. The van der Waals surface area contributed by atoms with E-state index in [-0.39, 0.29) is 24.0 Å². The lowest BCUT2D eigenvalue weighted by molar-refractivity contribution is -0.0164. The van der Waals surface area contributed by atoms with Gasteiger partial charge in [0.25, 0.3) is 5.56 Å². The number of aromatic nitrogens is 2. The zero-order valence-electron chi connectivity index (χ0n) is 15.0. The first kappa shape index (κ1) is 18.7. The summed E-state index contributed by atoms with van der Waals surface area (Å²) in [7, 11) is 0. The van der Waals surface area contributed by atoms with Gasteiger partial charge in [0.2, 0.25) is 5.95 Å². The van der Waals surface area contributed by atoms with Crippen molar-refractivity contribution in [1.29, 1.82) is 5.26 Å². The van der Waals surface area contributed by atoms with Crippen molar-refractivity contribution >= 4 is 23.8 Å². The summed E-state index contributed by atoms with van der Waals surface area (Å²) in [4.78, 5) is 19.1. The molecule has 1 aliphatic heterocycles. The van der Waals surface area contributed by atoms with Gasteiger partial charge in [0.05, 0.1) is 18.5 Å². The number of hydrogen-bond acceptors (Lipinski definition) is 7. The number of hydrazone groups is 1. The van der Waals surface area contributed by atoms with E-state index in [4.69, 9.17) is 21.1 Å². The maximum Gasteiger partial charge on any atom is 0.270 e. The molecule has 0 atom stereocenters. The molecule has 4 rings (SSSR count). The van der Waals surface area contributed by atoms with E-state index in [1.54, 1.807) is 36.4 Å². The van der Waals surface area contributed by atoms with Crippen LogP contribution in [0.25, 0.3) is 11.3 Å². The molecule has 2 aromatic carbocycles. The van der Waals surface area contributed by atoms with Crippen molar-refractivity contribution in [3.05, 3.63) is 74.5 Å². The van der Waals surface area contributed by atoms with Crippen molar-refractivity contribution in [1.82, 2.24) is 9.97 Å². The minimum Gasteiger partial charge on any atom is -0.466 e. The van der Waals surface area contributed by atoms with Crippen LogP contribution in [0.2, 0.25) is 5.02 Å². The Kier molecular flexibility index (Phi) is 5.24. The van der Waals surface area contributed by atoms with Crippen LogP contribution in [0.3, 0.4) is 0 Å². The number of nitrogens with zero attached hydrogens (tertiary/aromatic N) is 3. The van der Waals surface area contributed by atoms with Crippen LogP contribution in [-0.2, 0) is 11.3 Å². The van der Waals surface area contributed by atoms with Gasteiger partial charge >= 0.3 is 0 Å². The average molecular weight is 408 g/mol. The first-order valence-electron chi connectivity index (χ1n) is 8.57. The Hall–Kier alpha value is -3.67. The molecule has 0 saturated carbocycles. The number of aromatic amines is 1. The third-order valence-electron chi connectivity index (χ3n) is 4.16. The lowest BCUT2D eigenvalue weighted by atomic mass is 10.1. The molecule has 9 heteroatoms. The SMILES string of the molecule is N#Cc1c(-c2ccccc2)nc(NN=Cc2cc(Cl)cc3c2OCOC3)[nH]c1=O. The van der Waals surface area contributed by atoms with Gasteiger partial charge in [-0.15, -0.1) is 0 Å². The number of hydrogen-bond donors (Lipinski definition) is 2. The van der Waals surface area contributed by atoms with Crippen molar-refractivity contribution in [3.63, 3.8) is 0 Å². The Balaban J connectivity index is 1.65. The second kappa shape index (κ2) is 8.14. The second-order valence-corrected chi connectivity index (χ2v) is 6.52. The number of rotatable bonds is 4. The van der Waals surface area contributed by atoms with Crippen LogP contribution in [0, 0.1) is 11.3 Å². The van der Waals surface area contributed by atoms with Gasteiger partial charge in [-0.25, -0.2) is 10.4 Å². The number of ether oxygens (including phenoxy) is 2. The molecule has 0 fully saturated rings. The largest absolute Gasteiger partial charge is 0.466 e. The van der Waals surface area contributed by atoms with Gasteiger partial charge in [0.15, 0.2) is 6.79 Å². The smallest absolute Gasteiger partial charge is 0.270 e. The van der Waals surface area contributed by atoms with E-state index in [0.717, 1.165) is 5.56 Å². The fraction of sp³-hybridized carbons (Fsp3) is 0.100. The summed E-state index contributed by atoms with van der Waals surface area (Å²) < 4.78 is 10.8. The molecular weight excluding hydrogens is 394 g/mol. The molecule has 0 bridgehead atoms. The predicted molar refractivity (Wildman–Crippen MR) is 108 cm³/mol. The molecule has 1 aliphatic rings. The standard InChI is InChI=1S/C20H14ClN5O3/c21-15-6-13(18-14(7-15)10-28-11-29-18)9-23-26-20-24-17(12-4-2-1-3-5-12)16(8-22)19(27)25-20/h1-7,9H,10-11H2,(H2,24,25,26,27). The number of benzene rings is 2.